The molecule has 1 unspecified atom stereocenters. The summed E-state index contributed by atoms with van der Waals surface area (Å²) in [5.41, 5.74) is 2.08. The molecule has 1 aliphatic rings. The van der Waals surface area contributed by atoms with Gasteiger partial charge in [-0.05, 0) is 30.7 Å². The minimum absolute atomic E-state index is 0.0687. The van der Waals surface area contributed by atoms with Crippen LogP contribution in [0.4, 0.5) is 5.69 Å². The van der Waals surface area contributed by atoms with Crippen LogP contribution in [0.3, 0.4) is 0 Å². The molecule has 0 radical (unpaired) electrons. The molecule has 0 bridgehead atoms. The summed E-state index contributed by atoms with van der Waals surface area (Å²) >= 11 is 0. The highest BCUT2D eigenvalue weighted by atomic mass is 16.5. The van der Waals surface area contributed by atoms with Gasteiger partial charge in [0.05, 0.1) is 24.2 Å². The number of para-hydroxylation sites is 1. The zero-order valence-corrected chi connectivity index (χ0v) is 11.4. The first-order chi connectivity index (χ1) is 10.3. The summed E-state index contributed by atoms with van der Waals surface area (Å²) in [6.07, 6.45) is 0.654. The maximum absolute atomic E-state index is 12.5. The van der Waals surface area contributed by atoms with E-state index in [2.05, 4.69) is 11.4 Å². The van der Waals surface area contributed by atoms with Gasteiger partial charge in [0.1, 0.15) is 5.75 Å². The van der Waals surface area contributed by atoms with Crippen LogP contribution in [0.25, 0.3) is 0 Å². The topological polar surface area (TPSA) is 62.1 Å². The molecule has 2 aromatic carbocycles. The molecule has 1 N–H and O–H groups in total. The highest BCUT2D eigenvalue weighted by molar-refractivity contribution is 5.96. The van der Waals surface area contributed by atoms with E-state index in [9.17, 15) is 4.79 Å². The Morgan fingerprint density at radius 1 is 1.24 bits per heavy atom. The van der Waals surface area contributed by atoms with Gasteiger partial charge in [-0.25, -0.2) is 0 Å². The van der Waals surface area contributed by atoms with E-state index in [4.69, 9.17) is 10.00 Å². The lowest BCUT2D eigenvalue weighted by molar-refractivity contribution is -0.118. The molecule has 1 atom stereocenters. The Labute approximate surface area is 123 Å². The molecule has 2 aromatic rings. The molecule has 104 valence electrons. The first-order valence-corrected chi connectivity index (χ1v) is 6.80. The van der Waals surface area contributed by atoms with Gasteiger partial charge in [-0.2, -0.15) is 5.26 Å². The number of nitrogens with one attached hydrogen (secondary N) is 1. The second kappa shape index (κ2) is 5.68. The average molecular weight is 278 g/mol. The molecule has 3 rings (SSSR count). The number of hydrogen-bond acceptors (Lipinski definition) is 3. The minimum atomic E-state index is -0.222. The first kappa shape index (κ1) is 13.2. The van der Waals surface area contributed by atoms with Crippen LogP contribution in [0.1, 0.15) is 23.5 Å². The van der Waals surface area contributed by atoms with Gasteiger partial charge < -0.3 is 10.1 Å². The normalized spacial score (nSPS) is 16.2. The van der Waals surface area contributed by atoms with Crippen molar-refractivity contribution in [2.24, 2.45) is 0 Å². The molecule has 4 nitrogen and oxygen atoms in total. The van der Waals surface area contributed by atoms with Crippen molar-refractivity contribution >= 4 is 11.6 Å². The predicted molar refractivity (Wildman–Crippen MR) is 79.1 cm³/mol. The lowest BCUT2D eigenvalue weighted by atomic mass is 9.92. The molecule has 0 fully saturated rings. The maximum Gasteiger partial charge on any atom is 0.232 e. The van der Waals surface area contributed by atoms with E-state index in [1.807, 2.05) is 24.3 Å². The molecule has 0 saturated carbocycles. The number of carbonyl (C=O) groups excluding carboxylic acids is 1. The highest BCUT2D eigenvalue weighted by Gasteiger charge is 2.27. The number of nitrogens with zero attached hydrogens (tertiary/aromatic N) is 1. The number of nitriles is 1. The van der Waals surface area contributed by atoms with Gasteiger partial charge in [0.25, 0.3) is 0 Å². The summed E-state index contributed by atoms with van der Waals surface area (Å²) in [5.74, 6) is 0.483. The monoisotopic (exact) mass is 278 g/mol. The van der Waals surface area contributed by atoms with Crippen molar-refractivity contribution in [1.29, 1.82) is 5.26 Å². The Morgan fingerprint density at radius 3 is 2.95 bits per heavy atom. The molecule has 0 aliphatic carbocycles. The van der Waals surface area contributed by atoms with Gasteiger partial charge in [-0.3, -0.25) is 4.79 Å². The molecule has 1 heterocycles. The van der Waals surface area contributed by atoms with Gasteiger partial charge >= 0.3 is 0 Å². The molecule has 1 amide bonds. The van der Waals surface area contributed by atoms with Crippen molar-refractivity contribution < 1.29 is 9.53 Å². The number of rotatable bonds is 2. The molecule has 4 heteroatoms. The lowest BCUT2D eigenvalue weighted by Gasteiger charge is -2.25. The van der Waals surface area contributed by atoms with Crippen molar-refractivity contribution in [2.45, 2.75) is 12.3 Å². The number of anilines is 1. The third-order valence-corrected chi connectivity index (χ3v) is 3.53. The van der Waals surface area contributed by atoms with E-state index < -0.39 is 0 Å². The molecule has 0 spiro atoms. The third kappa shape index (κ3) is 2.72. The molecular formula is C17H14N2O2. The van der Waals surface area contributed by atoms with E-state index >= 15 is 0 Å². The van der Waals surface area contributed by atoms with E-state index in [0.29, 0.717) is 24.3 Å². The average Bonchev–Trinajstić information content (AvgIpc) is 2.54. The summed E-state index contributed by atoms with van der Waals surface area (Å²) < 4.78 is 5.57. The van der Waals surface area contributed by atoms with E-state index in [1.165, 1.54) is 0 Å². The van der Waals surface area contributed by atoms with Gasteiger partial charge in [-0.1, -0.05) is 24.3 Å². The molecule has 0 saturated heterocycles. The van der Waals surface area contributed by atoms with Crippen LogP contribution in [0.15, 0.2) is 48.5 Å². The third-order valence-electron chi connectivity index (χ3n) is 3.53. The van der Waals surface area contributed by atoms with Gasteiger partial charge in [0, 0.05) is 11.3 Å². The van der Waals surface area contributed by atoms with Crippen LogP contribution in [0, 0.1) is 11.3 Å². The van der Waals surface area contributed by atoms with Crippen LogP contribution < -0.4 is 10.1 Å². The van der Waals surface area contributed by atoms with E-state index in [1.54, 1.807) is 24.3 Å². The molecule has 0 aromatic heterocycles. The van der Waals surface area contributed by atoms with Gasteiger partial charge in [0.2, 0.25) is 5.91 Å². The summed E-state index contributed by atoms with van der Waals surface area (Å²) in [6, 6.07) is 16.6. The summed E-state index contributed by atoms with van der Waals surface area (Å²) in [7, 11) is 0. The smallest absolute Gasteiger partial charge is 0.232 e. The number of hydrogen-bond donors (Lipinski definition) is 1. The van der Waals surface area contributed by atoms with Gasteiger partial charge in [0.15, 0.2) is 0 Å². The highest BCUT2D eigenvalue weighted by Crippen LogP contribution is 2.34. The zero-order chi connectivity index (χ0) is 14.7. The van der Waals surface area contributed by atoms with E-state index in [-0.39, 0.29) is 11.8 Å². The van der Waals surface area contributed by atoms with E-state index in [0.717, 1.165) is 11.3 Å². The maximum atomic E-state index is 12.5. The minimum Gasteiger partial charge on any atom is -0.493 e. The summed E-state index contributed by atoms with van der Waals surface area (Å²) in [6.45, 7) is 0.535. The zero-order valence-electron chi connectivity index (χ0n) is 11.4. The number of fused-ring (bicyclic) bond motifs is 1. The number of amides is 1. The molecule has 1 aliphatic heterocycles. The first-order valence-electron chi connectivity index (χ1n) is 6.80. The van der Waals surface area contributed by atoms with Crippen molar-refractivity contribution in [3.05, 3.63) is 59.7 Å². The second-order valence-electron chi connectivity index (χ2n) is 4.91. The number of carbonyl (C=O) groups is 1. The van der Waals surface area contributed by atoms with Crippen LogP contribution >= 0.6 is 0 Å². The largest absolute Gasteiger partial charge is 0.493 e. The van der Waals surface area contributed by atoms with Crippen LogP contribution in [-0.2, 0) is 4.79 Å². The number of benzene rings is 2. The Balaban J connectivity index is 1.82. The standard InChI is InChI=1S/C17H14N2O2/c18-11-12-4-3-5-13(10-12)19-17(20)15-8-9-21-16-7-2-1-6-14(15)16/h1-7,10,15H,8-9H2,(H,19,20). The lowest BCUT2D eigenvalue weighted by Crippen LogP contribution is -2.26. The quantitative estimate of drug-likeness (QED) is 0.918. The Hall–Kier alpha value is -2.80. The molecular weight excluding hydrogens is 264 g/mol. The predicted octanol–water partition coefficient (Wildman–Crippen LogP) is 3.06. The van der Waals surface area contributed by atoms with Crippen molar-refractivity contribution in [3.63, 3.8) is 0 Å². The van der Waals surface area contributed by atoms with Crippen molar-refractivity contribution in [2.75, 3.05) is 11.9 Å². The van der Waals surface area contributed by atoms with Crippen LogP contribution in [0.2, 0.25) is 0 Å². The Kier molecular flexibility index (Phi) is 3.57. The fourth-order valence-electron chi connectivity index (χ4n) is 2.51. The summed E-state index contributed by atoms with van der Waals surface area (Å²) in [4.78, 5) is 12.5. The second-order valence-corrected chi connectivity index (χ2v) is 4.91. The fourth-order valence-corrected chi connectivity index (χ4v) is 2.51. The van der Waals surface area contributed by atoms with Crippen LogP contribution in [-0.4, -0.2) is 12.5 Å². The van der Waals surface area contributed by atoms with Crippen molar-refractivity contribution in [3.8, 4) is 11.8 Å². The van der Waals surface area contributed by atoms with Gasteiger partial charge in [-0.15, -0.1) is 0 Å². The fraction of sp³-hybridized carbons (Fsp3) is 0.176. The SMILES string of the molecule is N#Cc1cccc(NC(=O)C2CCOc3ccccc32)c1. The number of ether oxygens (including phenoxy) is 1. The summed E-state index contributed by atoms with van der Waals surface area (Å²) in [5, 5.41) is 11.8. The van der Waals surface area contributed by atoms with Crippen LogP contribution in [0.5, 0.6) is 5.75 Å². The Morgan fingerprint density at radius 2 is 2.10 bits per heavy atom. The van der Waals surface area contributed by atoms with Crippen molar-refractivity contribution in [1.82, 2.24) is 0 Å². The Bertz CT molecular complexity index is 719. The molecule has 21 heavy (non-hydrogen) atoms.